The van der Waals surface area contributed by atoms with Gasteiger partial charge in [0.15, 0.2) is 17.5 Å². The fourth-order valence-electron chi connectivity index (χ4n) is 8.05. The Labute approximate surface area is 310 Å². The van der Waals surface area contributed by atoms with Gasteiger partial charge in [-0.3, -0.25) is 0 Å². The first-order valence-corrected chi connectivity index (χ1v) is 21.2. The number of hydrogen-bond acceptors (Lipinski definition) is 3. The van der Waals surface area contributed by atoms with E-state index in [1.807, 2.05) is 6.07 Å². The number of aromatic nitrogens is 3. The lowest BCUT2D eigenvalue weighted by Gasteiger charge is -2.19. The number of nitrogens with zero attached hydrogens (tertiary/aromatic N) is 3. The summed E-state index contributed by atoms with van der Waals surface area (Å²) >= 11 is 0. The van der Waals surface area contributed by atoms with E-state index >= 15 is 0 Å². The molecule has 0 atom stereocenters. The molecule has 0 amide bonds. The van der Waals surface area contributed by atoms with Gasteiger partial charge in [-0.05, 0) is 77.4 Å². The van der Waals surface area contributed by atoms with E-state index in [0.717, 1.165) is 27.6 Å². The van der Waals surface area contributed by atoms with Crippen molar-refractivity contribution >= 4 is 40.0 Å². The smallest absolute Gasteiger partial charge is 0.164 e. The van der Waals surface area contributed by atoms with Crippen LogP contribution in [0.3, 0.4) is 0 Å². The number of hydrogen-bond donors (Lipinski definition) is 0. The normalized spacial score (nSPS) is 12.9. The van der Waals surface area contributed by atoms with E-state index < -0.39 is 8.07 Å². The van der Waals surface area contributed by atoms with Gasteiger partial charge >= 0.3 is 0 Å². The van der Waals surface area contributed by atoms with Crippen LogP contribution in [0.5, 0.6) is 0 Å². The lowest BCUT2D eigenvalue weighted by molar-refractivity contribution is 1.07. The highest BCUT2D eigenvalue weighted by Crippen LogP contribution is 2.36. The molecule has 4 heteroatoms. The molecule has 0 saturated carbocycles. The quantitative estimate of drug-likeness (QED) is 0.168. The van der Waals surface area contributed by atoms with E-state index in [9.17, 15) is 0 Å². The zero-order valence-corrected chi connectivity index (χ0v) is 30.6. The van der Waals surface area contributed by atoms with Crippen molar-refractivity contribution in [3.8, 4) is 67.5 Å². The molecule has 8 aromatic carbocycles. The second kappa shape index (κ2) is 12.3. The molecule has 2 heterocycles. The van der Waals surface area contributed by atoms with Crippen LogP contribution in [0.25, 0.3) is 89.1 Å². The molecule has 9 aromatic rings. The van der Waals surface area contributed by atoms with Crippen molar-refractivity contribution in [2.45, 2.75) is 13.1 Å². The van der Waals surface area contributed by atoms with Gasteiger partial charge in [0.05, 0.1) is 0 Å². The van der Waals surface area contributed by atoms with Crippen molar-refractivity contribution in [3.63, 3.8) is 0 Å². The summed E-state index contributed by atoms with van der Waals surface area (Å²) in [6.07, 6.45) is 0. The first-order valence-electron chi connectivity index (χ1n) is 18.2. The highest BCUT2D eigenvalue weighted by molar-refractivity contribution is 7.04. The van der Waals surface area contributed by atoms with Crippen molar-refractivity contribution in [3.05, 3.63) is 176 Å². The molecule has 0 bridgehead atoms. The zero-order chi connectivity index (χ0) is 35.5. The zero-order valence-electron chi connectivity index (χ0n) is 29.6. The first kappa shape index (κ1) is 31.3. The van der Waals surface area contributed by atoms with Gasteiger partial charge in [0.2, 0.25) is 0 Å². The van der Waals surface area contributed by atoms with Gasteiger partial charge < -0.3 is 0 Å². The second-order valence-corrected chi connectivity index (χ2v) is 18.8. The van der Waals surface area contributed by atoms with Crippen molar-refractivity contribution in [1.82, 2.24) is 15.0 Å². The minimum Gasteiger partial charge on any atom is -0.208 e. The lowest BCUT2D eigenvalue weighted by Crippen LogP contribution is -2.49. The summed E-state index contributed by atoms with van der Waals surface area (Å²) in [5.41, 5.74) is 10.4. The molecular weight excluding hydrogens is 659 g/mol. The summed E-state index contributed by atoms with van der Waals surface area (Å²) in [6, 6.07) is 63.0. The van der Waals surface area contributed by atoms with Gasteiger partial charge in [-0.25, -0.2) is 15.0 Å². The van der Waals surface area contributed by atoms with Gasteiger partial charge in [-0.15, -0.1) is 0 Å². The van der Waals surface area contributed by atoms with Crippen LogP contribution in [0.4, 0.5) is 0 Å². The molecule has 0 fully saturated rings. The summed E-state index contributed by atoms with van der Waals surface area (Å²) in [7, 11) is -1.99. The Balaban J connectivity index is 1.11. The van der Waals surface area contributed by atoms with E-state index in [2.05, 4.69) is 183 Å². The van der Waals surface area contributed by atoms with Crippen LogP contribution < -0.4 is 10.4 Å². The first-order chi connectivity index (χ1) is 26.0. The number of fused-ring (bicyclic) bond motifs is 6. The van der Waals surface area contributed by atoms with Crippen molar-refractivity contribution in [1.29, 1.82) is 0 Å². The Morgan fingerprint density at radius 1 is 0.340 bits per heavy atom. The average molecular weight is 694 g/mol. The standard InChI is InChI=1S/C49H35N3Si/c1-53(2)44-28-26-35-15-9-10-16-42(35)46(44)43-27-25-41(31-45(43)53)49-51-47(36-19-17-34(18-20-36)32-11-5-3-6-12-32)50-48(52-49)40-24-23-38-29-37(21-22-39(38)30-40)33-13-7-4-8-14-33/h3-31H,1-2H3. The molecule has 0 radical (unpaired) electrons. The van der Waals surface area contributed by atoms with Gasteiger partial charge in [0.1, 0.15) is 8.07 Å². The average Bonchev–Trinajstić information content (AvgIpc) is 3.46. The molecule has 53 heavy (non-hydrogen) atoms. The monoisotopic (exact) mass is 693 g/mol. The summed E-state index contributed by atoms with van der Waals surface area (Å²) < 4.78 is 0. The molecule has 1 aliphatic rings. The van der Waals surface area contributed by atoms with Crippen molar-refractivity contribution in [2.75, 3.05) is 0 Å². The van der Waals surface area contributed by atoms with Crippen LogP contribution in [-0.4, -0.2) is 23.0 Å². The minimum absolute atomic E-state index is 0.662. The molecule has 0 unspecified atom stereocenters. The summed E-state index contributed by atoms with van der Waals surface area (Å²) in [5, 5.41) is 7.85. The maximum absolute atomic E-state index is 5.20. The maximum atomic E-state index is 5.20. The van der Waals surface area contributed by atoms with Gasteiger partial charge in [0.25, 0.3) is 0 Å². The fourth-order valence-corrected chi connectivity index (χ4v) is 11.1. The Morgan fingerprint density at radius 3 is 1.51 bits per heavy atom. The Hall–Kier alpha value is -6.49. The second-order valence-electron chi connectivity index (χ2n) is 14.5. The van der Waals surface area contributed by atoms with Crippen molar-refractivity contribution in [2.24, 2.45) is 0 Å². The van der Waals surface area contributed by atoms with Crippen LogP contribution in [0.1, 0.15) is 0 Å². The molecule has 0 saturated heterocycles. The molecule has 1 aliphatic heterocycles. The summed E-state index contributed by atoms with van der Waals surface area (Å²) in [5.74, 6) is 2.01. The predicted octanol–water partition coefficient (Wildman–Crippen LogP) is 11.3. The third-order valence-corrected chi connectivity index (χ3v) is 14.4. The molecule has 0 aliphatic carbocycles. The van der Waals surface area contributed by atoms with Gasteiger partial charge in [-0.1, -0.05) is 177 Å². The maximum Gasteiger partial charge on any atom is 0.164 e. The van der Waals surface area contributed by atoms with Gasteiger partial charge in [-0.2, -0.15) is 0 Å². The fraction of sp³-hybridized carbons (Fsp3) is 0.0408. The van der Waals surface area contributed by atoms with E-state index in [4.69, 9.17) is 15.0 Å². The van der Waals surface area contributed by atoms with Crippen LogP contribution >= 0.6 is 0 Å². The van der Waals surface area contributed by atoms with Crippen LogP contribution in [0.2, 0.25) is 13.1 Å². The summed E-state index contributed by atoms with van der Waals surface area (Å²) in [4.78, 5) is 15.5. The highest BCUT2D eigenvalue weighted by atomic mass is 28.3. The highest BCUT2D eigenvalue weighted by Gasteiger charge is 2.38. The predicted molar refractivity (Wildman–Crippen MR) is 224 cm³/mol. The van der Waals surface area contributed by atoms with Crippen LogP contribution in [0, 0.1) is 0 Å². The molecule has 0 spiro atoms. The van der Waals surface area contributed by atoms with E-state index in [0.29, 0.717) is 17.5 Å². The Bertz CT molecular complexity index is 2850. The number of benzene rings is 8. The lowest BCUT2D eigenvalue weighted by atomic mass is 9.97. The molecule has 10 rings (SSSR count). The largest absolute Gasteiger partial charge is 0.208 e. The van der Waals surface area contributed by atoms with Crippen molar-refractivity contribution < 1.29 is 0 Å². The third-order valence-electron chi connectivity index (χ3n) is 10.9. The van der Waals surface area contributed by atoms with Crippen LogP contribution in [-0.2, 0) is 0 Å². The third kappa shape index (κ3) is 5.38. The molecule has 3 nitrogen and oxygen atoms in total. The molecule has 250 valence electrons. The van der Waals surface area contributed by atoms with E-state index in [1.165, 1.54) is 54.3 Å². The molecule has 1 aromatic heterocycles. The topological polar surface area (TPSA) is 38.7 Å². The molecular formula is C49H35N3Si. The number of rotatable bonds is 5. The molecule has 0 N–H and O–H groups in total. The van der Waals surface area contributed by atoms with Crippen LogP contribution in [0.15, 0.2) is 176 Å². The summed E-state index contributed by atoms with van der Waals surface area (Å²) in [6.45, 7) is 4.93. The van der Waals surface area contributed by atoms with E-state index in [-0.39, 0.29) is 0 Å². The van der Waals surface area contributed by atoms with Gasteiger partial charge in [0, 0.05) is 16.7 Å². The van der Waals surface area contributed by atoms with E-state index in [1.54, 1.807) is 0 Å². The Kier molecular flexibility index (Phi) is 7.27. The Morgan fingerprint density at radius 2 is 0.811 bits per heavy atom. The minimum atomic E-state index is -1.99. The SMILES string of the molecule is C[Si]1(C)c2cc(-c3nc(-c4ccc(-c5ccccc5)cc4)nc(-c4ccc5cc(-c6ccccc6)ccc5c4)n3)ccc2-c2c1ccc1ccccc21.